The van der Waals surface area contributed by atoms with Crippen LogP contribution in [0.15, 0.2) is 30.9 Å². The minimum atomic E-state index is -0.0773. The van der Waals surface area contributed by atoms with Gasteiger partial charge >= 0.3 is 0 Å². The van der Waals surface area contributed by atoms with Crippen molar-refractivity contribution >= 4 is 17.5 Å². The molecule has 1 N–H and O–H groups in total. The Labute approximate surface area is 133 Å². The van der Waals surface area contributed by atoms with E-state index in [2.05, 4.69) is 25.7 Å². The van der Waals surface area contributed by atoms with Gasteiger partial charge in [-0.25, -0.2) is 0 Å². The van der Waals surface area contributed by atoms with Gasteiger partial charge in [0, 0.05) is 32.1 Å². The summed E-state index contributed by atoms with van der Waals surface area (Å²) in [5.74, 6) is 0.211. The average Bonchev–Trinajstić information content (AvgIpc) is 2.44. The first-order valence-corrected chi connectivity index (χ1v) is 7.62. The van der Waals surface area contributed by atoms with Gasteiger partial charge in [0.25, 0.3) is 0 Å². The van der Waals surface area contributed by atoms with E-state index in [4.69, 9.17) is 0 Å². The number of nitrogens with zero attached hydrogens (tertiary/aromatic N) is 1. The molecule has 0 radical (unpaired) electrons. The first-order chi connectivity index (χ1) is 10.4. The molecule has 0 fully saturated rings. The van der Waals surface area contributed by atoms with Crippen LogP contribution in [0.25, 0.3) is 0 Å². The number of hydrogen-bond acceptors (Lipinski definition) is 2. The molecule has 0 aliphatic rings. The van der Waals surface area contributed by atoms with Crippen LogP contribution in [-0.4, -0.2) is 29.8 Å². The van der Waals surface area contributed by atoms with E-state index in [0.29, 0.717) is 19.0 Å². The van der Waals surface area contributed by atoms with E-state index in [1.807, 2.05) is 25.1 Å². The molecule has 0 aliphatic carbocycles. The normalized spacial score (nSPS) is 10.4. The van der Waals surface area contributed by atoms with Crippen molar-refractivity contribution < 1.29 is 9.59 Å². The van der Waals surface area contributed by atoms with Crippen LogP contribution in [0.3, 0.4) is 0 Å². The van der Waals surface area contributed by atoms with Crippen molar-refractivity contribution in [1.29, 1.82) is 0 Å². The summed E-state index contributed by atoms with van der Waals surface area (Å²) in [5, 5.41) is 2.99. The Hall–Kier alpha value is -2.10. The fraction of sp³-hybridized carbons (Fsp3) is 0.444. The zero-order valence-corrected chi connectivity index (χ0v) is 14.0. The van der Waals surface area contributed by atoms with E-state index < -0.39 is 0 Å². The third-order valence-electron chi connectivity index (χ3n) is 3.60. The number of nitrogens with one attached hydrogen (secondary N) is 1. The number of carbonyl (C=O) groups is 2. The highest BCUT2D eigenvalue weighted by Crippen LogP contribution is 2.27. The summed E-state index contributed by atoms with van der Waals surface area (Å²) >= 11 is 0. The molecule has 2 amide bonds. The monoisotopic (exact) mass is 302 g/mol. The zero-order chi connectivity index (χ0) is 16.7. The summed E-state index contributed by atoms with van der Waals surface area (Å²) in [5.41, 5.74) is 3.07. The van der Waals surface area contributed by atoms with E-state index in [1.54, 1.807) is 11.0 Å². The third kappa shape index (κ3) is 5.02. The highest BCUT2D eigenvalue weighted by molar-refractivity contribution is 5.92. The average molecular weight is 302 g/mol. The van der Waals surface area contributed by atoms with E-state index in [1.165, 1.54) is 6.92 Å². The first-order valence-electron chi connectivity index (χ1n) is 7.62. The van der Waals surface area contributed by atoms with Gasteiger partial charge in [-0.05, 0) is 24.0 Å². The molecule has 4 heteroatoms. The number of anilines is 1. The lowest BCUT2D eigenvalue weighted by molar-refractivity contribution is -0.128. The van der Waals surface area contributed by atoms with Crippen LogP contribution >= 0.6 is 0 Å². The molecule has 22 heavy (non-hydrogen) atoms. The van der Waals surface area contributed by atoms with E-state index >= 15 is 0 Å². The van der Waals surface area contributed by atoms with Crippen LogP contribution in [0.4, 0.5) is 5.69 Å². The quantitative estimate of drug-likeness (QED) is 0.784. The number of para-hydroxylation sites is 1. The number of amides is 2. The number of aryl methyl sites for hydroxylation is 1. The third-order valence-corrected chi connectivity index (χ3v) is 3.60. The Balaban J connectivity index is 2.73. The smallest absolute Gasteiger partial charge is 0.226 e. The van der Waals surface area contributed by atoms with Gasteiger partial charge in [-0.3, -0.25) is 9.59 Å². The van der Waals surface area contributed by atoms with Crippen molar-refractivity contribution in [3.8, 4) is 0 Å². The number of rotatable bonds is 7. The molecule has 1 aromatic rings. The predicted molar refractivity (Wildman–Crippen MR) is 91.0 cm³/mol. The standard InChI is InChI=1S/C18H26N2O2/c1-6-11-20(15(5)21)12-10-17(22)19-18-14(4)8-7-9-16(18)13(2)3/h6-9,13H,1,10-12H2,2-5H3,(H,19,22). The molecule has 0 bridgehead atoms. The molecule has 0 atom stereocenters. The molecule has 0 saturated heterocycles. The van der Waals surface area contributed by atoms with Crippen molar-refractivity contribution in [2.45, 2.75) is 40.0 Å². The maximum atomic E-state index is 12.2. The van der Waals surface area contributed by atoms with Gasteiger partial charge in [-0.15, -0.1) is 6.58 Å². The van der Waals surface area contributed by atoms with E-state index in [9.17, 15) is 9.59 Å². The van der Waals surface area contributed by atoms with Crippen LogP contribution in [0.1, 0.15) is 44.2 Å². The molecular formula is C18H26N2O2. The van der Waals surface area contributed by atoms with Crippen molar-refractivity contribution in [3.05, 3.63) is 42.0 Å². The Morgan fingerprint density at radius 3 is 2.59 bits per heavy atom. The first kappa shape index (κ1) is 18.0. The van der Waals surface area contributed by atoms with Gasteiger partial charge in [0.1, 0.15) is 0 Å². The second-order valence-corrected chi connectivity index (χ2v) is 5.75. The molecule has 1 aromatic carbocycles. The lowest BCUT2D eigenvalue weighted by Crippen LogP contribution is -2.32. The van der Waals surface area contributed by atoms with Crippen LogP contribution in [0.5, 0.6) is 0 Å². The summed E-state index contributed by atoms with van der Waals surface area (Å²) in [6.45, 7) is 12.2. The summed E-state index contributed by atoms with van der Waals surface area (Å²) in [6, 6.07) is 6.02. The number of carbonyl (C=O) groups excluding carboxylic acids is 2. The Morgan fingerprint density at radius 1 is 1.36 bits per heavy atom. The molecule has 0 unspecified atom stereocenters. The van der Waals surface area contributed by atoms with E-state index in [-0.39, 0.29) is 18.2 Å². The minimum absolute atomic E-state index is 0.0496. The Morgan fingerprint density at radius 2 is 2.05 bits per heavy atom. The Kier molecular flexibility index (Phi) is 6.83. The predicted octanol–water partition coefficient (Wildman–Crippen LogP) is 3.48. The van der Waals surface area contributed by atoms with E-state index in [0.717, 1.165) is 16.8 Å². The minimum Gasteiger partial charge on any atom is -0.339 e. The maximum absolute atomic E-state index is 12.2. The van der Waals surface area contributed by atoms with Crippen LogP contribution in [0.2, 0.25) is 0 Å². The van der Waals surface area contributed by atoms with Gasteiger partial charge < -0.3 is 10.2 Å². The van der Waals surface area contributed by atoms with Crippen molar-refractivity contribution in [2.75, 3.05) is 18.4 Å². The second kappa shape index (κ2) is 8.37. The van der Waals surface area contributed by atoms with Gasteiger partial charge in [0.05, 0.1) is 0 Å². The molecule has 0 spiro atoms. The lowest BCUT2D eigenvalue weighted by atomic mass is 9.98. The summed E-state index contributed by atoms with van der Waals surface area (Å²) in [6.07, 6.45) is 1.94. The summed E-state index contributed by atoms with van der Waals surface area (Å²) < 4.78 is 0. The van der Waals surface area contributed by atoms with Gasteiger partial charge in [0.15, 0.2) is 0 Å². The molecule has 1 rings (SSSR count). The van der Waals surface area contributed by atoms with Crippen molar-refractivity contribution in [3.63, 3.8) is 0 Å². The topological polar surface area (TPSA) is 49.4 Å². The number of hydrogen-bond donors (Lipinski definition) is 1. The van der Waals surface area contributed by atoms with Gasteiger partial charge in [0.2, 0.25) is 11.8 Å². The molecule has 4 nitrogen and oxygen atoms in total. The Bertz CT molecular complexity index is 550. The summed E-state index contributed by atoms with van der Waals surface area (Å²) in [7, 11) is 0. The molecule has 0 saturated carbocycles. The summed E-state index contributed by atoms with van der Waals surface area (Å²) in [4.78, 5) is 25.2. The fourth-order valence-electron chi connectivity index (χ4n) is 2.31. The molecule has 0 aliphatic heterocycles. The maximum Gasteiger partial charge on any atom is 0.226 e. The molecular weight excluding hydrogens is 276 g/mol. The largest absolute Gasteiger partial charge is 0.339 e. The van der Waals surface area contributed by atoms with Gasteiger partial charge in [-0.1, -0.05) is 38.1 Å². The van der Waals surface area contributed by atoms with Crippen LogP contribution in [-0.2, 0) is 9.59 Å². The zero-order valence-electron chi connectivity index (χ0n) is 14.0. The fourth-order valence-corrected chi connectivity index (χ4v) is 2.31. The lowest BCUT2D eigenvalue weighted by Gasteiger charge is -2.20. The second-order valence-electron chi connectivity index (χ2n) is 5.75. The highest BCUT2D eigenvalue weighted by atomic mass is 16.2. The van der Waals surface area contributed by atoms with Crippen molar-refractivity contribution in [1.82, 2.24) is 4.90 Å². The van der Waals surface area contributed by atoms with Crippen LogP contribution in [0, 0.1) is 6.92 Å². The molecule has 0 heterocycles. The molecule has 0 aromatic heterocycles. The van der Waals surface area contributed by atoms with Crippen molar-refractivity contribution in [2.24, 2.45) is 0 Å². The molecule has 120 valence electrons. The van der Waals surface area contributed by atoms with Crippen LogP contribution < -0.4 is 5.32 Å². The number of benzene rings is 1. The SMILES string of the molecule is C=CCN(CCC(=O)Nc1c(C)cccc1C(C)C)C(C)=O. The van der Waals surface area contributed by atoms with Gasteiger partial charge in [-0.2, -0.15) is 0 Å². The highest BCUT2D eigenvalue weighted by Gasteiger charge is 2.14.